The average Bonchev–Trinajstić information content (AvgIpc) is 2.47. The van der Waals surface area contributed by atoms with E-state index in [0.29, 0.717) is 36.1 Å². The molecular weight excluding hydrogens is 260 g/mol. The molecule has 3 heteroatoms. The van der Waals surface area contributed by atoms with Gasteiger partial charge in [-0.05, 0) is 55.9 Å². The van der Waals surface area contributed by atoms with Gasteiger partial charge in [-0.25, -0.2) is 0 Å². The molecule has 1 atom stereocenters. The molecule has 3 nitrogen and oxygen atoms in total. The number of carbonyl (C=O) groups is 1. The number of likely N-dealkylation sites (tertiary alicyclic amines) is 1. The average molecular weight is 294 g/mol. The minimum Gasteiger partial charge on any atom is -0.343 e. The number of rotatable bonds is 5. The molecule has 0 aromatic rings. The van der Waals surface area contributed by atoms with E-state index in [2.05, 4.69) is 18.7 Å². The van der Waals surface area contributed by atoms with Gasteiger partial charge in [0.25, 0.3) is 0 Å². The van der Waals surface area contributed by atoms with Crippen LogP contribution in [0, 0.1) is 17.3 Å². The summed E-state index contributed by atoms with van der Waals surface area (Å²) in [6.07, 6.45) is 11.2. The Morgan fingerprint density at radius 1 is 1.10 bits per heavy atom. The fourth-order valence-electron chi connectivity index (χ4n) is 4.34. The van der Waals surface area contributed by atoms with Gasteiger partial charge in [0.2, 0.25) is 5.91 Å². The molecule has 0 unspecified atom stereocenters. The predicted molar refractivity (Wildman–Crippen MR) is 87.9 cm³/mol. The zero-order chi connectivity index (χ0) is 15.3. The number of carbonyl (C=O) groups excluding carboxylic acids is 1. The third-order valence-corrected chi connectivity index (χ3v) is 5.69. The Labute approximate surface area is 130 Å². The van der Waals surface area contributed by atoms with Crippen LogP contribution in [0.4, 0.5) is 0 Å². The summed E-state index contributed by atoms with van der Waals surface area (Å²) < 4.78 is 0. The smallest absolute Gasteiger partial charge is 0.222 e. The van der Waals surface area contributed by atoms with Crippen LogP contribution in [0.1, 0.15) is 71.6 Å². The maximum atomic E-state index is 12.5. The summed E-state index contributed by atoms with van der Waals surface area (Å²) in [7, 11) is 0. The van der Waals surface area contributed by atoms with Crippen LogP contribution >= 0.6 is 0 Å². The molecule has 2 aliphatic rings. The van der Waals surface area contributed by atoms with Crippen LogP contribution < -0.4 is 5.73 Å². The van der Waals surface area contributed by atoms with Crippen LogP contribution in [0.5, 0.6) is 0 Å². The first-order chi connectivity index (χ1) is 10.0. The number of amides is 1. The van der Waals surface area contributed by atoms with Crippen molar-refractivity contribution >= 4 is 5.91 Å². The highest BCUT2D eigenvalue weighted by Gasteiger charge is 2.36. The summed E-state index contributed by atoms with van der Waals surface area (Å²) in [6, 6.07) is 0. The van der Waals surface area contributed by atoms with E-state index >= 15 is 0 Å². The molecule has 2 rings (SSSR count). The van der Waals surface area contributed by atoms with Gasteiger partial charge in [-0.2, -0.15) is 0 Å². The van der Waals surface area contributed by atoms with Crippen LogP contribution in [-0.2, 0) is 4.79 Å². The zero-order valence-electron chi connectivity index (χ0n) is 14.1. The van der Waals surface area contributed by atoms with Gasteiger partial charge in [-0.1, -0.05) is 33.1 Å². The Morgan fingerprint density at radius 3 is 2.24 bits per heavy atom. The van der Waals surface area contributed by atoms with Crippen LogP contribution in [0.2, 0.25) is 0 Å². The lowest BCUT2D eigenvalue weighted by molar-refractivity contribution is -0.135. The van der Waals surface area contributed by atoms with Crippen molar-refractivity contribution in [3.63, 3.8) is 0 Å². The number of piperidine rings is 1. The van der Waals surface area contributed by atoms with Gasteiger partial charge in [0, 0.05) is 19.5 Å². The highest BCUT2D eigenvalue weighted by molar-refractivity contribution is 5.76. The molecule has 1 aliphatic heterocycles. The number of hydrogen-bond acceptors (Lipinski definition) is 2. The molecular formula is C18H34N2O. The number of nitrogens with zero attached hydrogens (tertiary/aromatic N) is 1. The van der Waals surface area contributed by atoms with Gasteiger partial charge in [-0.3, -0.25) is 4.79 Å². The van der Waals surface area contributed by atoms with Crippen molar-refractivity contribution < 1.29 is 4.79 Å². The molecule has 0 aromatic heterocycles. The molecule has 0 aromatic carbocycles. The first-order valence-electron chi connectivity index (χ1n) is 9.02. The number of nitrogens with two attached hydrogens (primary N) is 1. The van der Waals surface area contributed by atoms with Crippen molar-refractivity contribution in [2.24, 2.45) is 23.0 Å². The van der Waals surface area contributed by atoms with Crippen molar-refractivity contribution in [1.29, 1.82) is 0 Å². The van der Waals surface area contributed by atoms with Crippen LogP contribution in [0.15, 0.2) is 0 Å². The Morgan fingerprint density at radius 2 is 1.71 bits per heavy atom. The molecule has 1 saturated carbocycles. The predicted octanol–water partition coefficient (Wildman–Crippen LogP) is 3.57. The summed E-state index contributed by atoms with van der Waals surface area (Å²) in [5, 5.41) is 0. The topological polar surface area (TPSA) is 46.3 Å². The lowest BCUT2D eigenvalue weighted by Crippen LogP contribution is -2.44. The number of hydrogen-bond donors (Lipinski definition) is 1. The molecule has 1 aliphatic carbocycles. The van der Waals surface area contributed by atoms with Gasteiger partial charge in [-0.15, -0.1) is 0 Å². The maximum Gasteiger partial charge on any atom is 0.222 e. The van der Waals surface area contributed by atoms with Gasteiger partial charge >= 0.3 is 0 Å². The molecule has 2 fully saturated rings. The second-order valence-corrected chi connectivity index (χ2v) is 7.88. The first kappa shape index (κ1) is 16.8. The normalized spacial score (nSPS) is 23.5. The summed E-state index contributed by atoms with van der Waals surface area (Å²) in [5.74, 6) is 1.33. The molecule has 1 spiro atoms. The van der Waals surface area contributed by atoms with E-state index in [1.807, 2.05) is 0 Å². The Balaban J connectivity index is 1.79. The van der Waals surface area contributed by atoms with E-state index in [-0.39, 0.29) is 0 Å². The molecule has 1 amide bonds. The van der Waals surface area contributed by atoms with Gasteiger partial charge < -0.3 is 10.6 Å². The second kappa shape index (κ2) is 7.62. The van der Waals surface area contributed by atoms with Crippen molar-refractivity contribution in [3.05, 3.63) is 0 Å². The fraction of sp³-hybridized carbons (Fsp3) is 0.944. The van der Waals surface area contributed by atoms with E-state index in [0.717, 1.165) is 19.5 Å². The van der Waals surface area contributed by atoms with Crippen LogP contribution in [0.25, 0.3) is 0 Å². The summed E-state index contributed by atoms with van der Waals surface area (Å²) >= 11 is 0. The van der Waals surface area contributed by atoms with Crippen molar-refractivity contribution in [2.45, 2.75) is 71.6 Å². The van der Waals surface area contributed by atoms with E-state index in [1.165, 1.54) is 44.9 Å². The van der Waals surface area contributed by atoms with Gasteiger partial charge in [0.1, 0.15) is 0 Å². The lowest BCUT2D eigenvalue weighted by Gasteiger charge is -2.44. The van der Waals surface area contributed by atoms with Crippen molar-refractivity contribution in [3.8, 4) is 0 Å². The Hall–Kier alpha value is -0.570. The van der Waals surface area contributed by atoms with E-state index in [4.69, 9.17) is 5.73 Å². The monoisotopic (exact) mass is 294 g/mol. The highest BCUT2D eigenvalue weighted by Crippen LogP contribution is 2.44. The first-order valence-corrected chi connectivity index (χ1v) is 9.02. The highest BCUT2D eigenvalue weighted by atomic mass is 16.2. The van der Waals surface area contributed by atoms with E-state index in [1.54, 1.807) is 0 Å². The van der Waals surface area contributed by atoms with Gasteiger partial charge in [0.15, 0.2) is 0 Å². The second-order valence-electron chi connectivity index (χ2n) is 7.88. The summed E-state index contributed by atoms with van der Waals surface area (Å²) in [6.45, 7) is 7.03. The standard InChI is InChI=1S/C18H34N2O/c1-15(2)12-16(14-19)13-17(21)20-10-8-18(9-11-20)6-4-3-5-7-18/h15-16H,3-14,19H2,1-2H3/t16-/m0/s1. The van der Waals surface area contributed by atoms with Gasteiger partial charge in [0.05, 0.1) is 0 Å². The SMILES string of the molecule is CC(C)C[C@H](CN)CC(=O)N1CCC2(CCCCC2)CC1. The fourth-order valence-corrected chi connectivity index (χ4v) is 4.34. The molecule has 21 heavy (non-hydrogen) atoms. The minimum absolute atomic E-state index is 0.344. The Kier molecular flexibility index (Phi) is 6.09. The maximum absolute atomic E-state index is 12.5. The third-order valence-electron chi connectivity index (χ3n) is 5.69. The minimum atomic E-state index is 0.344. The summed E-state index contributed by atoms with van der Waals surface area (Å²) in [5.41, 5.74) is 6.42. The van der Waals surface area contributed by atoms with Crippen LogP contribution in [0.3, 0.4) is 0 Å². The lowest BCUT2D eigenvalue weighted by atomic mass is 9.68. The molecule has 1 saturated heterocycles. The van der Waals surface area contributed by atoms with Crippen molar-refractivity contribution in [2.75, 3.05) is 19.6 Å². The quantitative estimate of drug-likeness (QED) is 0.842. The molecule has 122 valence electrons. The van der Waals surface area contributed by atoms with E-state index < -0.39 is 0 Å². The van der Waals surface area contributed by atoms with E-state index in [9.17, 15) is 4.79 Å². The molecule has 2 N–H and O–H groups in total. The van der Waals surface area contributed by atoms with Crippen molar-refractivity contribution in [1.82, 2.24) is 4.90 Å². The molecule has 0 radical (unpaired) electrons. The zero-order valence-corrected chi connectivity index (χ0v) is 14.1. The molecule has 0 bridgehead atoms. The molecule has 1 heterocycles. The van der Waals surface area contributed by atoms with Crippen LogP contribution in [-0.4, -0.2) is 30.4 Å². The largest absolute Gasteiger partial charge is 0.343 e. The Bertz CT molecular complexity index is 324. The summed E-state index contributed by atoms with van der Waals surface area (Å²) in [4.78, 5) is 14.6. The third kappa shape index (κ3) is 4.70.